The van der Waals surface area contributed by atoms with Crippen LogP contribution in [0.5, 0.6) is 0 Å². The Labute approximate surface area is 209 Å². The number of aryl methyl sites for hydroxylation is 1. The van der Waals surface area contributed by atoms with Crippen LogP contribution in [0.15, 0.2) is 77.7 Å². The van der Waals surface area contributed by atoms with Gasteiger partial charge < -0.3 is 20.2 Å². The molecule has 4 aromatic rings. The third kappa shape index (κ3) is 4.62. The molecule has 1 fully saturated rings. The predicted octanol–water partition coefficient (Wildman–Crippen LogP) is 4.20. The summed E-state index contributed by atoms with van der Waals surface area (Å²) in [5, 5.41) is 12.9. The number of rotatable bonds is 6. The van der Waals surface area contributed by atoms with Crippen LogP contribution in [-0.4, -0.2) is 46.6 Å². The number of aromatic nitrogens is 2. The number of aromatic carboxylic acids is 1. The van der Waals surface area contributed by atoms with Crippen molar-refractivity contribution in [3.63, 3.8) is 0 Å². The summed E-state index contributed by atoms with van der Waals surface area (Å²) in [6, 6.07) is 20.5. The number of benzene rings is 2. The van der Waals surface area contributed by atoms with E-state index in [1.54, 1.807) is 40.9 Å². The van der Waals surface area contributed by atoms with E-state index in [-0.39, 0.29) is 17.2 Å². The van der Waals surface area contributed by atoms with Crippen molar-refractivity contribution in [2.45, 2.75) is 19.9 Å². The number of piperazine rings is 1. The van der Waals surface area contributed by atoms with Crippen molar-refractivity contribution < 1.29 is 9.90 Å². The summed E-state index contributed by atoms with van der Waals surface area (Å²) in [7, 11) is 0. The third-order valence-corrected chi connectivity index (χ3v) is 6.63. The highest BCUT2D eigenvalue weighted by molar-refractivity contribution is 5.94. The van der Waals surface area contributed by atoms with Gasteiger partial charge in [0.1, 0.15) is 11.5 Å². The fourth-order valence-electron chi connectivity index (χ4n) is 4.78. The van der Waals surface area contributed by atoms with E-state index in [0.29, 0.717) is 17.2 Å². The maximum atomic E-state index is 13.1. The molecule has 8 nitrogen and oxygen atoms in total. The minimum Gasteiger partial charge on any atom is -0.478 e. The summed E-state index contributed by atoms with van der Waals surface area (Å²) < 4.78 is 1.58. The number of carbonyl (C=O) groups is 1. The normalized spacial score (nSPS) is 14.6. The standard InChI is InChI=1S/C28H29N5O3/c1-19-16-23(20(2)29-24-11-7-6-10-22(24)28(35)36)27-30-25(17-26(34)33(27)18-19)32-14-12-31(13-15-32)21-8-4-3-5-9-21/h3-11,16-18,20,29H,12-15H2,1-2H3,(H,35,36). The second kappa shape index (κ2) is 9.73. The number of carboxylic acid groups (broad SMARTS) is 1. The first-order chi connectivity index (χ1) is 17.4. The Hall–Kier alpha value is -4.33. The second-order valence-electron chi connectivity index (χ2n) is 9.15. The highest BCUT2D eigenvalue weighted by atomic mass is 16.4. The molecule has 2 aromatic carbocycles. The summed E-state index contributed by atoms with van der Waals surface area (Å²) in [6.45, 7) is 7.09. The van der Waals surface area contributed by atoms with Gasteiger partial charge in [0.15, 0.2) is 0 Å². The van der Waals surface area contributed by atoms with Crippen molar-refractivity contribution in [1.29, 1.82) is 0 Å². The Kier molecular flexibility index (Phi) is 6.33. The van der Waals surface area contributed by atoms with E-state index in [1.165, 1.54) is 5.69 Å². The number of para-hydroxylation sites is 2. The van der Waals surface area contributed by atoms with Gasteiger partial charge in [-0.3, -0.25) is 9.20 Å². The first-order valence-corrected chi connectivity index (χ1v) is 12.1. The molecule has 184 valence electrons. The minimum absolute atomic E-state index is 0.136. The maximum Gasteiger partial charge on any atom is 0.337 e. The molecular formula is C28H29N5O3. The average Bonchev–Trinajstić information content (AvgIpc) is 2.89. The van der Waals surface area contributed by atoms with Gasteiger partial charge in [0, 0.05) is 55.4 Å². The van der Waals surface area contributed by atoms with Gasteiger partial charge in [-0.05, 0) is 49.7 Å². The number of hydrogen-bond acceptors (Lipinski definition) is 6. The lowest BCUT2D eigenvalue weighted by atomic mass is 10.1. The fraction of sp³-hybridized carbons (Fsp3) is 0.250. The van der Waals surface area contributed by atoms with E-state index >= 15 is 0 Å². The molecule has 1 aliphatic heterocycles. The molecule has 3 heterocycles. The van der Waals surface area contributed by atoms with Crippen LogP contribution in [0.25, 0.3) is 5.65 Å². The van der Waals surface area contributed by atoms with E-state index in [4.69, 9.17) is 4.98 Å². The Morgan fingerprint density at radius 1 is 0.972 bits per heavy atom. The summed E-state index contributed by atoms with van der Waals surface area (Å²) in [6.07, 6.45) is 1.79. The molecule has 0 spiro atoms. The highest BCUT2D eigenvalue weighted by Gasteiger charge is 2.21. The predicted molar refractivity (Wildman–Crippen MR) is 143 cm³/mol. The quantitative estimate of drug-likeness (QED) is 0.425. The molecule has 1 saturated heterocycles. The number of anilines is 3. The largest absolute Gasteiger partial charge is 0.478 e. The lowest BCUT2D eigenvalue weighted by Crippen LogP contribution is -2.47. The van der Waals surface area contributed by atoms with E-state index < -0.39 is 5.97 Å². The molecule has 0 aliphatic carbocycles. The van der Waals surface area contributed by atoms with Crippen molar-refractivity contribution in [2.75, 3.05) is 41.3 Å². The molecule has 1 unspecified atom stereocenters. The molecule has 0 bridgehead atoms. The molecular weight excluding hydrogens is 454 g/mol. The van der Waals surface area contributed by atoms with Crippen LogP contribution >= 0.6 is 0 Å². The Bertz CT molecular complexity index is 1460. The molecule has 0 amide bonds. The zero-order valence-corrected chi connectivity index (χ0v) is 20.4. The molecule has 0 radical (unpaired) electrons. The fourth-order valence-corrected chi connectivity index (χ4v) is 4.78. The number of fused-ring (bicyclic) bond motifs is 1. The Balaban J connectivity index is 1.46. The van der Waals surface area contributed by atoms with Crippen molar-refractivity contribution in [3.8, 4) is 0 Å². The number of nitrogens with zero attached hydrogens (tertiary/aromatic N) is 4. The van der Waals surface area contributed by atoms with Crippen LogP contribution in [0.1, 0.15) is 34.5 Å². The van der Waals surface area contributed by atoms with E-state index in [1.807, 2.05) is 38.1 Å². The van der Waals surface area contributed by atoms with Crippen LogP contribution in [0.4, 0.5) is 17.2 Å². The number of nitrogens with one attached hydrogen (secondary N) is 1. The van der Waals surface area contributed by atoms with Gasteiger partial charge in [-0.15, -0.1) is 0 Å². The maximum absolute atomic E-state index is 13.1. The van der Waals surface area contributed by atoms with E-state index in [9.17, 15) is 14.7 Å². The SMILES string of the molecule is Cc1cc(C(C)Nc2ccccc2C(=O)O)c2nc(N3CCN(c4ccccc4)CC3)cc(=O)n2c1. The van der Waals surface area contributed by atoms with Gasteiger partial charge in [-0.25, -0.2) is 9.78 Å². The lowest BCUT2D eigenvalue weighted by Gasteiger charge is -2.36. The van der Waals surface area contributed by atoms with Crippen LogP contribution in [0.2, 0.25) is 0 Å². The Morgan fingerprint density at radius 2 is 1.64 bits per heavy atom. The van der Waals surface area contributed by atoms with Gasteiger partial charge in [0.05, 0.1) is 11.6 Å². The van der Waals surface area contributed by atoms with Crippen molar-refractivity contribution in [2.24, 2.45) is 0 Å². The second-order valence-corrected chi connectivity index (χ2v) is 9.15. The molecule has 0 saturated carbocycles. The van der Waals surface area contributed by atoms with Gasteiger partial charge in [0.25, 0.3) is 5.56 Å². The van der Waals surface area contributed by atoms with E-state index in [2.05, 4.69) is 27.2 Å². The van der Waals surface area contributed by atoms with Crippen LogP contribution in [-0.2, 0) is 0 Å². The molecule has 5 rings (SSSR count). The topological polar surface area (TPSA) is 90.2 Å². The monoisotopic (exact) mass is 483 g/mol. The zero-order valence-electron chi connectivity index (χ0n) is 20.4. The number of hydrogen-bond donors (Lipinski definition) is 2. The third-order valence-electron chi connectivity index (χ3n) is 6.63. The first-order valence-electron chi connectivity index (χ1n) is 12.1. The van der Waals surface area contributed by atoms with Gasteiger partial charge in [0.2, 0.25) is 0 Å². The van der Waals surface area contributed by atoms with E-state index in [0.717, 1.165) is 37.3 Å². The number of pyridine rings is 1. The smallest absolute Gasteiger partial charge is 0.337 e. The molecule has 8 heteroatoms. The van der Waals surface area contributed by atoms with Crippen LogP contribution < -0.4 is 20.7 Å². The lowest BCUT2D eigenvalue weighted by molar-refractivity contribution is 0.0698. The van der Waals surface area contributed by atoms with Crippen molar-refractivity contribution in [3.05, 3.63) is 100.0 Å². The molecule has 2 N–H and O–H groups in total. The van der Waals surface area contributed by atoms with Crippen molar-refractivity contribution >= 4 is 28.8 Å². The molecule has 36 heavy (non-hydrogen) atoms. The highest BCUT2D eigenvalue weighted by Crippen LogP contribution is 2.27. The van der Waals surface area contributed by atoms with Crippen LogP contribution in [0, 0.1) is 6.92 Å². The summed E-state index contributed by atoms with van der Waals surface area (Å²) >= 11 is 0. The van der Waals surface area contributed by atoms with Gasteiger partial charge in [-0.2, -0.15) is 0 Å². The Morgan fingerprint density at radius 3 is 2.36 bits per heavy atom. The molecule has 1 aliphatic rings. The van der Waals surface area contributed by atoms with Gasteiger partial charge in [-0.1, -0.05) is 30.3 Å². The molecule has 1 atom stereocenters. The van der Waals surface area contributed by atoms with Crippen LogP contribution in [0.3, 0.4) is 0 Å². The summed E-state index contributed by atoms with van der Waals surface area (Å²) in [5.74, 6) is -0.332. The molecule has 2 aromatic heterocycles. The summed E-state index contributed by atoms with van der Waals surface area (Å²) in [4.78, 5) is 34.2. The number of carboxylic acids is 1. The first kappa shape index (κ1) is 23.4. The summed E-state index contributed by atoms with van der Waals surface area (Å²) in [5.41, 5.74) is 4.10. The minimum atomic E-state index is -0.995. The van der Waals surface area contributed by atoms with Gasteiger partial charge >= 0.3 is 5.97 Å². The van der Waals surface area contributed by atoms with Crippen molar-refractivity contribution in [1.82, 2.24) is 9.38 Å². The zero-order chi connectivity index (χ0) is 25.2. The average molecular weight is 484 g/mol.